The van der Waals surface area contributed by atoms with E-state index in [1.165, 1.54) is 16.2 Å². The first-order valence-electron chi connectivity index (χ1n) is 12.2. The summed E-state index contributed by atoms with van der Waals surface area (Å²) >= 11 is 1.18. The van der Waals surface area contributed by atoms with Crippen LogP contribution < -0.4 is 11.0 Å². The minimum Gasteiger partial charge on any atom is -0.423 e. The molecular weight excluding hydrogens is 560 g/mol. The van der Waals surface area contributed by atoms with Crippen LogP contribution in [0.25, 0.3) is 28.2 Å². The fourth-order valence-corrected chi connectivity index (χ4v) is 6.57. The summed E-state index contributed by atoms with van der Waals surface area (Å²) in [7, 11) is -3.76. The van der Waals surface area contributed by atoms with Crippen molar-refractivity contribution < 1.29 is 33.8 Å². The molecule has 3 aromatic heterocycles. The minimum absolute atomic E-state index is 0.0257. The maximum absolute atomic E-state index is 13.6. The standard InChI is InChI=1S/C24H21BN5O8PS/c31-18-19-16(11-36-39(35)38-19)37-22(18)30-20-17(27-24(30)40-14-8-6-13(7-9-14)25(33)34)21(32)29-10-15(26-23(29)28-20)12-4-2-1-3-5-12/h1-10,16,18-19,22,31,33-35H,11H2,(H,26,28)/t16?,18-,19+,22+,39?/m0/s1. The average molecular weight is 581 g/mol. The third-order valence-electron chi connectivity index (χ3n) is 6.82. The highest BCUT2D eigenvalue weighted by Gasteiger charge is 2.50. The molecule has 5 heterocycles. The van der Waals surface area contributed by atoms with Crippen LogP contribution in [0.4, 0.5) is 0 Å². The van der Waals surface area contributed by atoms with Gasteiger partial charge in [0.1, 0.15) is 18.3 Å². The number of aromatic nitrogens is 5. The summed E-state index contributed by atoms with van der Waals surface area (Å²) in [6.07, 6.45) is -2.13. The molecule has 2 unspecified atom stereocenters. The monoisotopic (exact) mass is 581 g/mol. The molecule has 2 aliphatic heterocycles. The molecule has 0 aliphatic carbocycles. The molecule has 16 heteroatoms. The SMILES string of the molecule is O=c1c2nc(Sc3ccc(B(O)O)cc3)n([C@@H]3OC4COP(O)O[C@H]4[C@@H]3O)c2nc2[nH]c(-c3ccccc3)cn12. The van der Waals surface area contributed by atoms with E-state index in [4.69, 9.17) is 18.8 Å². The topological polar surface area (TPSA) is 177 Å². The largest absolute Gasteiger partial charge is 0.488 e. The van der Waals surface area contributed by atoms with Crippen LogP contribution >= 0.6 is 20.4 Å². The number of benzene rings is 2. The van der Waals surface area contributed by atoms with Crippen LogP contribution in [0.15, 0.2) is 75.6 Å². The molecule has 2 saturated heterocycles. The van der Waals surface area contributed by atoms with Crippen molar-refractivity contribution in [1.82, 2.24) is 23.9 Å². The molecule has 40 heavy (non-hydrogen) atoms. The first kappa shape index (κ1) is 25.8. The van der Waals surface area contributed by atoms with Crippen LogP contribution in [-0.2, 0) is 13.8 Å². The highest BCUT2D eigenvalue weighted by molar-refractivity contribution is 7.99. The van der Waals surface area contributed by atoms with E-state index in [2.05, 4.69) is 9.97 Å². The van der Waals surface area contributed by atoms with Gasteiger partial charge in [-0.2, -0.15) is 4.98 Å². The predicted octanol–water partition coefficient (Wildman–Crippen LogP) is 0.763. The highest BCUT2D eigenvalue weighted by Crippen LogP contribution is 2.47. The van der Waals surface area contributed by atoms with Crippen molar-refractivity contribution in [2.75, 3.05) is 6.61 Å². The van der Waals surface area contributed by atoms with Gasteiger partial charge >= 0.3 is 15.7 Å². The number of fused-ring (bicyclic) bond motifs is 3. The Labute approximate surface area is 231 Å². The first-order valence-corrected chi connectivity index (χ1v) is 14.2. The fourth-order valence-electron chi connectivity index (χ4n) is 4.86. The van der Waals surface area contributed by atoms with E-state index in [-0.39, 0.29) is 23.5 Å². The second kappa shape index (κ2) is 10.1. The molecule has 13 nitrogen and oxygen atoms in total. The minimum atomic E-state index is -2.15. The van der Waals surface area contributed by atoms with Gasteiger partial charge in [-0.15, -0.1) is 0 Å². The quantitative estimate of drug-likeness (QED) is 0.146. The molecule has 0 spiro atoms. The van der Waals surface area contributed by atoms with Crippen LogP contribution in [0.3, 0.4) is 0 Å². The van der Waals surface area contributed by atoms with Crippen LogP contribution in [0.1, 0.15) is 6.23 Å². The maximum Gasteiger partial charge on any atom is 0.488 e. The van der Waals surface area contributed by atoms with Crippen molar-refractivity contribution in [1.29, 1.82) is 0 Å². The number of aromatic amines is 1. The molecule has 7 rings (SSSR count). The van der Waals surface area contributed by atoms with E-state index in [9.17, 15) is 24.8 Å². The Bertz CT molecular complexity index is 1760. The second-order valence-electron chi connectivity index (χ2n) is 9.29. The third-order valence-corrected chi connectivity index (χ3v) is 8.59. The van der Waals surface area contributed by atoms with Crippen molar-refractivity contribution >= 4 is 49.9 Å². The number of nitrogens with zero attached hydrogens (tertiary/aromatic N) is 4. The lowest BCUT2D eigenvalue weighted by Crippen LogP contribution is -2.38. The van der Waals surface area contributed by atoms with Gasteiger partial charge in [0.05, 0.1) is 12.3 Å². The Balaban J connectivity index is 1.37. The smallest absolute Gasteiger partial charge is 0.423 e. The van der Waals surface area contributed by atoms with Gasteiger partial charge in [0.15, 0.2) is 22.5 Å². The van der Waals surface area contributed by atoms with Gasteiger partial charge < -0.3 is 38.8 Å². The number of aliphatic hydroxyl groups excluding tert-OH is 1. The number of H-pyrrole nitrogens is 1. The zero-order valence-electron chi connectivity index (χ0n) is 20.4. The summed E-state index contributed by atoms with van der Waals surface area (Å²) in [5.41, 5.74) is 1.71. The van der Waals surface area contributed by atoms with Gasteiger partial charge in [0, 0.05) is 11.1 Å². The van der Waals surface area contributed by atoms with Gasteiger partial charge in [-0.1, -0.05) is 54.2 Å². The molecule has 2 aliphatic rings. The molecule has 0 radical (unpaired) electrons. The van der Waals surface area contributed by atoms with Gasteiger partial charge in [-0.3, -0.25) is 9.36 Å². The van der Waals surface area contributed by atoms with E-state index < -0.39 is 45.8 Å². The molecule has 5 atom stereocenters. The lowest BCUT2D eigenvalue weighted by atomic mass is 9.81. The molecule has 5 N–H and O–H groups in total. The van der Waals surface area contributed by atoms with Gasteiger partial charge in [-0.05, 0) is 23.2 Å². The predicted molar refractivity (Wildman–Crippen MR) is 145 cm³/mol. The summed E-state index contributed by atoms with van der Waals surface area (Å²) in [4.78, 5) is 36.7. The second-order valence-corrected chi connectivity index (χ2v) is 11.3. The number of hydrogen-bond acceptors (Lipinski definition) is 11. The van der Waals surface area contributed by atoms with Crippen LogP contribution in [0.2, 0.25) is 0 Å². The number of rotatable bonds is 5. The Morgan fingerprint density at radius 2 is 1.88 bits per heavy atom. The van der Waals surface area contributed by atoms with E-state index in [0.717, 1.165) is 5.56 Å². The van der Waals surface area contributed by atoms with Crippen LogP contribution in [-0.4, -0.2) is 76.0 Å². The molecule has 2 aromatic carbocycles. The Hall–Kier alpha value is -3.11. The van der Waals surface area contributed by atoms with E-state index in [1.807, 2.05) is 30.3 Å². The molecular formula is C24H21BN5O8PS. The van der Waals surface area contributed by atoms with Gasteiger partial charge in [0.2, 0.25) is 5.78 Å². The third kappa shape index (κ3) is 4.36. The Kier molecular flexibility index (Phi) is 6.50. The van der Waals surface area contributed by atoms with Gasteiger partial charge in [-0.25, -0.2) is 9.38 Å². The van der Waals surface area contributed by atoms with Crippen molar-refractivity contribution in [2.45, 2.75) is 34.6 Å². The van der Waals surface area contributed by atoms with Crippen molar-refractivity contribution in [3.05, 3.63) is 71.1 Å². The summed E-state index contributed by atoms with van der Waals surface area (Å²) in [6, 6.07) is 16.0. The molecule has 0 amide bonds. The van der Waals surface area contributed by atoms with Crippen molar-refractivity contribution in [2.24, 2.45) is 0 Å². The zero-order valence-corrected chi connectivity index (χ0v) is 22.1. The van der Waals surface area contributed by atoms with Gasteiger partial charge in [0.25, 0.3) is 5.56 Å². The van der Waals surface area contributed by atoms with E-state index in [1.54, 1.807) is 35.0 Å². The number of nitrogens with one attached hydrogen (secondary N) is 1. The summed E-state index contributed by atoms with van der Waals surface area (Å²) in [6.45, 7) is 0.0257. The van der Waals surface area contributed by atoms with Crippen molar-refractivity contribution in [3.63, 3.8) is 0 Å². The maximum atomic E-state index is 13.6. The number of aliphatic hydroxyl groups is 1. The molecule has 0 bridgehead atoms. The lowest BCUT2D eigenvalue weighted by molar-refractivity contribution is -0.0614. The molecule has 2 fully saturated rings. The molecule has 5 aromatic rings. The first-order chi connectivity index (χ1) is 19.4. The normalized spacial score (nSPS) is 24.6. The summed E-state index contributed by atoms with van der Waals surface area (Å²) < 4.78 is 19.7. The van der Waals surface area contributed by atoms with Crippen molar-refractivity contribution in [3.8, 4) is 11.3 Å². The van der Waals surface area contributed by atoms with Crippen LogP contribution in [0.5, 0.6) is 0 Å². The van der Waals surface area contributed by atoms with Crippen LogP contribution in [0, 0.1) is 0 Å². The lowest BCUT2D eigenvalue weighted by Gasteiger charge is -2.27. The fraction of sp³-hybridized carbons (Fsp3) is 0.208. The number of imidazole rings is 2. The zero-order chi connectivity index (χ0) is 27.5. The molecule has 204 valence electrons. The van der Waals surface area contributed by atoms with E-state index >= 15 is 0 Å². The number of ether oxygens (including phenoxy) is 1. The Morgan fingerprint density at radius 1 is 1.10 bits per heavy atom. The average Bonchev–Trinajstić information content (AvgIpc) is 3.64. The number of hydrogen-bond donors (Lipinski definition) is 5. The summed E-state index contributed by atoms with van der Waals surface area (Å²) in [5.74, 6) is 0.277. The van der Waals surface area contributed by atoms with E-state index in [0.29, 0.717) is 21.2 Å². The molecule has 0 saturated carbocycles. The highest BCUT2D eigenvalue weighted by atomic mass is 32.2. The Morgan fingerprint density at radius 3 is 2.62 bits per heavy atom. The summed E-state index contributed by atoms with van der Waals surface area (Å²) in [5, 5.41) is 30.4.